The quantitative estimate of drug-likeness (QED) is 0.887. The second-order valence-electron chi connectivity index (χ2n) is 4.34. The molecular formula is C14H17BrClN3O. The third-order valence-corrected chi connectivity index (χ3v) is 3.82. The fraction of sp³-hybridized carbons (Fsp3) is 0.357. The van der Waals surface area contributed by atoms with Crippen LogP contribution in [0.1, 0.15) is 24.2 Å². The van der Waals surface area contributed by atoms with E-state index in [4.69, 9.17) is 16.3 Å². The largest absolute Gasteiger partial charge is 0.493 e. The van der Waals surface area contributed by atoms with Gasteiger partial charge in [-0.05, 0) is 37.7 Å². The summed E-state index contributed by atoms with van der Waals surface area (Å²) >= 11 is 9.63. The molecule has 0 amide bonds. The zero-order chi connectivity index (χ0) is 14.7. The summed E-state index contributed by atoms with van der Waals surface area (Å²) in [5.41, 5.74) is 2.05. The first-order valence-corrected chi connectivity index (χ1v) is 7.50. The molecule has 1 aromatic heterocycles. The van der Waals surface area contributed by atoms with Crippen LogP contribution in [0.15, 0.2) is 28.9 Å². The van der Waals surface area contributed by atoms with Gasteiger partial charge in [-0.2, -0.15) is 5.10 Å². The molecule has 1 heterocycles. The minimum absolute atomic E-state index is 0.0394. The minimum atomic E-state index is -0.0394. The summed E-state index contributed by atoms with van der Waals surface area (Å²) in [7, 11) is 3.56. The topological polar surface area (TPSA) is 39.1 Å². The molecule has 0 saturated carbocycles. The Morgan fingerprint density at radius 3 is 2.75 bits per heavy atom. The zero-order valence-electron chi connectivity index (χ0n) is 11.7. The van der Waals surface area contributed by atoms with Crippen molar-refractivity contribution in [2.24, 2.45) is 0 Å². The lowest BCUT2D eigenvalue weighted by Crippen LogP contribution is -2.22. The van der Waals surface area contributed by atoms with Gasteiger partial charge >= 0.3 is 0 Å². The molecule has 2 aromatic rings. The highest BCUT2D eigenvalue weighted by atomic mass is 79.9. The first kappa shape index (κ1) is 15.4. The van der Waals surface area contributed by atoms with Crippen LogP contribution in [0.25, 0.3) is 0 Å². The molecule has 1 unspecified atom stereocenters. The van der Waals surface area contributed by atoms with Crippen LogP contribution in [0, 0.1) is 0 Å². The lowest BCUT2D eigenvalue weighted by molar-refractivity contribution is 0.401. The molecule has 0 aliphatic rings. The molecule has 4 nitrogen and oxygen atoms in total. The summed E-state index contributed by atoms with van der Waals surface area (Å²) in [6.45, 7) is 2.83. The Morgan fingerprint density at radius 1 is 1.45 bits per heavy atom. The molecule has 6 heteroatoms. The van der Waals surface area contributed by atoms with Crippen LogP contribution in [-0.4, -0.2) is 23.9 Å². The Hall–Kier alpha value is -1.04. The van der Waals surface area contributed by atoms with E-state index < -0.39 is 0 Å². The number of methoxy groups -OCH3 is 1. The number of hydrogen-bond donors (Lipinski definition) is 1. The number of benzene rings is 1. The van der Waals surface area contributed by atoms with Crippen molar-refractivity contribution in [2.45, 2.75) is 19.5 Å². The Morgan fingerprint density at radius 2 is 2.20 bits per heavy atom. The fourth-order valence-electron chi connectivity index (χ4n) is 2.28. The monoisotopic (exact) mass is 357 g/mol. The van der Waals surface area contributed by atoms with Gasteiger partial charge < -0.3 is 10.1 Å². The number of hydrogen-bond acceptors (Lipinski definition) is 3. The minimum Gasteiger partial charge on any atom is -0.493 e. The summed E-state index contributed by atoms with van der Waals surface area (Å²) in [6, 6.07) is 5.81. The second-order valence-corrected chi connectivity index (χ2v) is 5.69. The van der Waals surface area contributed by atoms with E-state index in [-0.39, 0.29) is 6.04 Å². The van der Waals surface area contributed by atoms with Gasteiger partial charge in [0.2, 0.25) is 0 Å². The maximum atomic E-state index is 6.15. The maximum absolute atomic E-state index is 6.15. The van der Waals surface area contributed by atoms with E-state index in [1.165, 1.54) is 0 Å². The predicted molar refractivity (Wildman–Crippen MR) is 84.5 cm³/mol. The second kappa shape index (κ2) is 6.61. The number of nitrogens with zero attached hydrogens (tertiary/aromatic N) is 2. The molecule has 0 saturated heterocycles. The summed E-state index contributed by atoms with van der Waals surface area (Å²) in [5, 5.41) is 8.35. The number of rotatable bonds is 5. The number of halogens is 2. The van der Waals surface area contributed by atoms with E-state index in [1.54, 1.807) is 13.3 Å². The van der Waals surface area contributed by atoms with Crippen LogP contribution in [-0.2, 0) is 6.54 Å². The standard InChI is InChI=1S/C14H17BrClN3O/c1-4-19-14(12(20-3)8-18-19)13(17-2)9-5-10(15)7-11(16)6-9/h5-8,13,17H,4H2,1-3H3. The molecule has 1 atom stereocenters. The molecule has 0 aliphatic carbocycles. The first-order chi connectivity index (χ1) is 9.60. The molecule has 1 aromatic carbocycles. The van der Waals surface area contributed by atoms with Crippen molar-refractivity contribution in [1.29, 1.82) is 0 Å². The number of nitrogens with one attached hydrogen (secondary N) is 1. The van der Waals surface area contributed by atoms with Gasteiger partial charge in [0.25, 0.3) is 0 Å². The molecule has 0 spiro atoms. The van der Waals surface area contributed by atoms with Crippen molar-refractivity contribution in [2.75, 3.05) is 14.2 Å². The van der Waals surface area contributed by atoms with Crippen LogP contribution in [0.2, 0.25) is 5.02 Å². The molecular weight excluding hydrogens is 342 g/mol. The smallest absolute Gasteiger partial charge is 0.161 e. The van der Waals surface area contributed by atoms with Crippen LogP contribution >= 0.6 is 27.5 Å². The van der Waals surface area contributed by atoms with Crippen LogP contribution < -0.4 is 10.1 Å². The van der Waals surface area contributed by atoms with Gasteiger partial charge in [0, 0.05) is 16.0 Å². The fourth-order valence-corrected chi connectivity index (χ4v) is 3.17. The number of aromatic nitrogens is 2. The van der Waals surface area contributed by atoms with Crippen LogP contribution in [0.4, 0.5) is 0 Å². The molecule has 0 radical (unpaired) electrons. The van der Waals surface area contributed by atoms with E-state index in [0.717, 1.165) is 28.0 Å². The van der Waals surface area contributed by atoms with Gasteiger partial charge in [-0.3, -0.25) is 4.68 Å². The van der Waals surface area contributed by atoms with Gasteiger partial charge in [-0.15, -0.1) is 0 Å². The third kappa shape index (κ3) is 3.00. The average Bonchev–Trinajstić information content (AvgIpc) is 2.81. The Bertz CT molecular complexity index is 558. The summed E-state index contributed by atoms with van der Waals surface area (Å²) in [6.07, 6.45) is 1.74. The van der Waals surface area contributed by atoms with Crippen molar-refractivity contribution in [3.63, 3.8) is 0 Å². The zero-order valence-corrected chi connectivity index (χ0v) is 14.0. The molecule has 1 N–H and O–H groups in total. The van der Waals surface area contributed by atoms with E-state index in [9.17, 15) is 0 Å². The maximum Gasteiger partial charge on any atom is 0.161 e. The van der Waals surface area contributed by atoms with Crippen molar-refractivity contribution >= 4 is 27.5 Å². The Labute approximate surface area is 132 Å². The molecule has 0 bridgehead atoms. The summed E-state index contributed by atoms with van der Waals surface area (Å²) in [4.78, 5) is 0. The van der Waals surface area contributed by atoms with E-state index in [1.807, 2.05) is 29.9 Å². The predicted octanol–water partition coefficient (Wildman–Crippen LogP) is 3.64. The molecule has 0 fully saturated rings. The molecule has 20 heavy (non-hydrogen) atoms. The van der Waals surface area contributed by atoms with E-state index in [2.05, 4.69) is 33.3 Å². The highest BCUT2D eigenvalue weighted by molar-refractivity contribution is 9.10. The average molecular weight is 359 g/mol. The summed E-state index contributed by atoms with van der Waals surface area (Å²) in [5.74, 6) is 0.766. The molecule has 0 aliphatic heterocycles. The molecule has 108 valence electrons. The van der Waals surface area contributed by atoms with Crippen LogP contribution in [0.5, 0.6) is 5.75 Å². The van der Waals surface area contributed by atoms with Gasteiger partial charge in [-0.25, -0.2) is 0 Å². The van der Waals surface area contributed by atoms with E-state index in [0.29, 0.717) is 5.02 Å². The number of ether oxygens (including phenoxy) is 1. The van der Waals surface area contributed by atoms with Gasteiger partial charge in [-0.1, -0.05) is 27.5 Å². The van der Waals surface area contributed by atoms with Gasteiger partial charge in [0.05, 0.1) is 19.3 Å². The van der Waals surface area contributed by atoms with Crippen molar-refractivity contribution in [1.82, 2.24) is 15.1 Å². The third-order valence-electron chi connectivity index (χ3n) is 3.14. The van der Waals surface area contributed by atoms with Gasteiger partial charge in [0.15, 0.2) is 5.75 Å². The Balaban J connectivity index is 2.54. The van der Waals surface area contributed by atoms with Crippen molar-refractivity contribution < 1.29 is 4.74 Å². The SMILES string of the molecule is CCn1ncc(OC)c1C(NC)c1cc(Cl)cc(Br)c1. The number of aryl methyl sites for hydroxylation is 1. The highest BCUT2D eigenvalue weighted by Crippen LogP contribution is 2.32. The van der Waals surface area contributed by atoms with Gasteiger partial charge in [0.1, 0.15) is 5.69 Å². The Kier molecular flexibility index (Phi) is 5.07. The summed E-state index contributed by atoms with van der Waals surface area (Å²) < 4.78 is 8.30. The van der Waals surface area contributed by atoms with Crippen LogP contribution in [0.3, 0.4) is 0 Å². The lowest BCUT2D eigenvalue weighted by atomic mass is 10.0. The van der Waals surface area contributed by atoms with Crippen molar-refractivity contribution in [3.05, 3.63) is 45.1 Å². The lowest BCUT2D eigenvalue weighted by Gasteiger charge is -2.20. The van der Waals surface area contributed by atoms with Crippen molar-refractivity contribution in [3.8, 4) is 5.75 Å². The highest BCUT2D eigenvalue weighted by Gasteiger charge is 2.22. The first-order valence-electron chi connectivity index (χ1n) is 6.33. The molecule has 2 rings (SSSR count). The normalized spacial score (nSPS) is 12.4. The van der Waals surface area contributed by atoms with E-state index >= 15 is 0 Å².